The molecule has 2 heteroatoms. The summed E-state index contributed by atoms with van der Waals surface area (Å²) in [5, 5.41) is 19.0. The largest absolute Gasteiger partial charge is 0.392 e. The fourth-order valence-corrected chi connectivity index (χ4v) is 1.72. The summed E-state index contributed by atoms with van der Waals surface area (Å²) < 4.78 is 0. The van der Waals surface area contributed by atoms with E-state index in [1.807, 2.05) is 20.8 Å². The Morgan fingerprint density at radius 3 is 1.90 bits per heavy atom. The molecule has 0 aromatic heterocycles. The van der Waals surface area contributed by atoms with Crippen LogP contribution < -0.4 is 0 Å². The second kappa shape index (κ2) is 2.21. The van der Waals surface area contributed by atoms with Gasteiger partial charge in [-0.25, -0.2) is 0 Å². The minimum absolute atomic E-state index is 0.241. The molecule has 0 aliphatic heterocycles. The van der Waals surface area contributed by atoms with E-state index in [0.29, 0.717) is 0 Å². The van der Waals surface area contributed by atoms with Crippen LogP contribution in [-0.2, 0) is 0 Å². The number of hydrogen-bond acceptors (Lipinski definition) is 2. The van der Waals surface area contributed by atoms with Gasteiger partial charge < -0.3 is 10.2 Å². The molecule has 10 heavy (non-hydrogen) atoms. The maximum atomic E-state index is 9.54. The first-order valence-electron chi connectivity index (χ1n) is 3.82. The van der Waals surface area contributed by atoms with Crippen molar-refractivity contribution in [1.82, 2.24) is 0 Å². The Hall–Kier alpha value is -0.0800. The van der Waals surface area contributed by atoms with Gasteiger partial charge >= 0.3 is 0 Å². The van der Waals surface area contributed by atoms with Gasteiger partial charge in [0.15, 0.2) is 0 Å². The molecule has 0 aromatic rings. The highest BCUT2D eigenvalue weighted by Gasteiger charge is 2.45. The van der Waals surface area contributed by atoms with E-state index < -0.39 is 0 Å². The quantitative estimate of drug-likeness (QED) is 0.527. The summed E-state index contributed by atoms with van der Waals surface area (Å²) in [6, 6.07) is 0. The van der Waals surface area contributed by atoms with Crippen LogP contribution in [0, 0.1) is 11.3 Å². The molecule has 60 valence electrons. The molecule has 0 radical (unpaired) electrons. The smallest absolute Gasteiger partial charge is 0.0642 e. The third kappa shape index (κ3) is 0.956. The lowest BCUT2D eigenvalue weighted by Crippen LogP contribution is -2.33. The SMILES string of the molecule is CC1CC(O)C(C)(C)C1O. The molecule has 1 saturated carbocycles. The minimum atomic E-state index is -0.345. The van der Waals surface area contributed by atoms with E-state index in [1.165, 1.54) is 0 Å². The maximum absolute atomic E-state index is 9.54. The summed E-state index contributed by atoms with van der Waals surface area (Å²) >= 11 is 0. The zero-order chi connectivity index (χ0) is 7.94. The molecule has 0 aromatic carbocycles. The molecule has 2 N–H and O–H groups in total. The summed E-state index contributed by atoms with van der Waals surface area (Å²) in [5.74, 6) is 0.241. The first kappa shape index (κ1) is 8.02. The van der Waals surface area contributed by atoms with Gasteiger partial charge in [0, 0.05) is 5.41 Å². The molecule has 1 fully saturated rings. The van der Waals surface area contributed by atoms with Crippen molar-refractivity contribution in [2.45, 2.75) is 39.4 Å². The van der Waals surface area contributed by atoms with Gasteiger partial charge in [-0.2, -0.15) is 0 Å². The Morgan fingerprint density at radius 1 is 1.30 bits per heavy atom. The minimum Gasteiger partial charge on any atom is -0.392 e. The number of hydrogen-bond donors (Lipinski definition) is 2. The van der Waals surface area contributed by atoms with Crippen molar-refractivity contribution in [3.63, 3.8) is 0 Å². The standard InChI is InChI=1S/C8H16O2/c1-5-4-6(9)8(2,3)7(5)10/h5-7,9-10H,4H2,1-3H3. The Balaban J connectivity index is 2.75. The lowest BCUT2D eigenvalue weighted by Gasteiger charge is -2.26. The second-order valence-corrected chi connectivity index (χ2v) is 3.99. The van der Waals surface area contributed by atoms with Crippen LogP contribution in [0.5, 0.6) is 0 Å². The average Bonchev–Trinajstić information content (AvgIpc) is 1.97. The first-order valence-corrected chi connectivity index (χ1v) is 3.82. The summed E-state index contributed by atoms with van der Waals surface area (Å²) in [5.41, 5.74) is -0.306. The van der Waals surface area contributed by atoms with Crippen molar-refractivity contribution >= 4 is 0 Å². The van der Waals surface area contributed by atoms with Crippen molar-refractivity contribution in [3.8, 4) is 0 Å². The van der Waals surface area contributed by atoms with Crippen molar-refractivity contribution in [2.75, 3.05) is 0 Å². The van der Waals surface area contributed by atoms with E-state index in [-0.39, 0.29) is 23.5 Å². The van der Waals surface area contributed by atoms with Gasteiger partial charge in [0.05, 0.1) is 12.2 Å². The fraction of sp³-hybridized carbons (Fsp3) is 1.00. The molecule has 0 amide bonds. The molecule has 1 aliphatic rings. The van der Waals surface area contributed by atoms with E-state index in [2.05, 4.69) is 0 Å². The van der Waals surface area contributed by atoms with Crippen LogP contribution in [0.4, 0.5) is 0 Å². The summed E-state index contributed by atoms with van der Waals surface area (Å²) in [6.07, 6.45) is 0.0498. The Bertz CT molecular complexity index is 131. The fourth-order valence-electron chi connectivity index (χ4n) is 1.72. The third-order valence-corrected chi connectivity index (χ3v) is 2.76. The third-order valence-electron chi connectivity index (χ3n) is 2.76. The Morgan fingerprint density at radius 2 is 1.80 bits per heavy atom. The predicted molar refractivity (Wildman–Crippen MR) is 39.6 cm³/mol. The normalized spacial score (nSPS) is 45.9. The molecule has 3 unspecified atom stereocenters. The molecule has 0 saturated heterocycles. The Kier molecular flexibility index (Phi) is 1.77. The van der Waals surface area contributed by atoms with E-state index >= 15 is 0 Å². The summed E-state index contributed by atoms with van der Waals surface area (Å²) in [7, 11) is 0. The lowest BCUT2D eigenvalue weighted by molar-refractivity contribution is -0.00497. The van der Waals surface area contributed by atoms with Gasteiger partial charge in [0.1, 0.15) is 0 Å². The van der Waals surface area contributed by atoms with Gasteiger partial charge in [-0.15, -0.1) is 0 Å². The highest BCUT2D eigenvalue weighted by Crippen LogP contribution is 2.40. The summed E-state index contributed by atoms with van der Waals surface area (Å²) in [6.45, 7) is 5.79. The van der Waals surface area contributed by atoms with Crippen LogP contribution in [0.2, 0.25) is 0 Å². The van der Waals surface area contributed by atoms with Gasteiger partial charge in [-0.1, -0.05) is 20.8 Å². The monoisotopic (exact) mass is 144 g/mol. The number of aliphatic hydroxyl groups excluding tert-OH is 2. The topological polar surface area (TPSA) is 40.5 Å². The highest BCUT2D eigenvalue weighted by molar-refractivity contribution is 4.95. The van der Waals surface area contributed by atoms with E-state index in [4.69, 9.17) is 0 Å². The predicted octanol–water partition coefficient (Wildman–Crippen LogP) is 0.774. The maximum Gasteiger partial charge on any atom is 0.0642 e. The van der Waals surface area contributed by atoms with E-state index in [0.717, 1.165) is 6.42 Å². The van der Waals surface area contributed by atoms with Crippen molar-refractivity contribution < 1.29 is 10.2 Å². The molecule has 1 aliphatic carbocycles. The van der Waals surface area contributed by atoms with E-state index in [9.17, 15) is 10.2 Å². The van der Waals surface area contributed by atoms with Gasteiger partial charge in [0.2, 0.25) is 0 Å². The van der Waals surface area contributed by atoms with Crippen LogP contribution in [0.3, 0.4) is 0 Å². The lowest BCUT2D eigenvalue weighted by atomic mass is 9.86. The van der Waals surface area contributed by atoms with Crippen molar-refractivity contribution in [1.29, 1.82) is 0 Å². The Labute approximate surface area is 61.9 Å². The van der Waals surface area contributed by atoms with Gasteiger partial charge in [0.25, 0.3) is 0 Å². The van der Waals surface area contributed by atoms with Gasteiger partial charge in [-0.3, -0.25) is 0 Å². The van der Waals surface area contributed by atoms with Crippen LogP contribution in [0.15, 0.2) is 0 Å². The molecular formula is C8H16O2. The molecule has 1 rings (SSSR count). The van der Waals surface area contributed by atoms with Crippen LogP contribution in [0.25, 0.3) is 0 Å². The highest BCUT2D eigenvalue weighted by atomic mass is 16.3. The molecule has 0 heterocycles. The van der Waals surface area contributed by atoms with Crippen LogP contribution in [0.1, 0.15) is 27.2 Å². The molecule has 0 bridgehead atoms. The van der Waals surface area contributed by atoms with Crippen molar-refractivity contribution in [3.05, 3.63) is 0 Å². The first-order chi connectivity index (χ1) is 4.46. The second-order valence-electron chi connectivity index (χ2n) is 3.99. The summed E-state index contributed by atoms with van der Waals surface area (Å²) in [4.78, 5) is 0. The van der Waals surface area contributed by atoms with Crippen molar-refractivity contribution in [2.24, 2.45) is 11.3 Å². The van der Waals surface area contributed by atoms with Gasteiger partial charge in [-0.05, 0) is 12.3 Å². The number of aliphatic hydroxyl groups is 2. The zero-order valence-electron chi connectivity index (χ0n) is 6.83. The molecule has 0 spiro atoms. The van der Waals surface area contributed by atoms with E-state index in [1.54, 1.807) is 0 Å². The molecule has 3 atom stereocenters. The number of rotatable bonds is 0. The molecule has 2 nitrogen and oxygen atoms in total. The van der Waals surface area contributed by atoms with Crippen LogP contribution in [-0.4, -0.2) is 22.4 Å². The van der Waals surface area contributed by atoms with Crippen LogP contribution >= 0.6 is 0 Å². The average molecular weight is 144 g/mol. The zero-order valence-corrected chi connectivity index (χ0v) is 6.83. The molecular weight excluding hydrogens is 128 g/mol.